The number of ether oxygens (including phenoxy) is 3. The van der Waals surface area contributed by atoms with E-state index in [-0.39, 0.29) is 18.5 Å². The number of unbranched alkanes of at least 4 members (excludes halogenated alkanes) is 3. The summed E-state index contributed by atoms with van der Waals surface area (Å²) in [6, 6.07) is -1.45. The highest BCUT2D eigenvalue weighted by Gasteiger charge is 2.25. The van der Waals surface area contributed by atoms with Crippen molar-refractivity contribution in [1.82, 2.24) is 5.32 Å². The van der Waals surface area contributed by atoms with Crippen molar-refractivity contribution >= 4 is 64.8 Å². The number of alkyl carbamates (subject to hydrolysis) is 1. The van der Waals surface area contributed by atoms with E-state index < -0.39 is 40.6 Å². The summed E-state index contributed by atoms with van der Waals surface area (Å²) in [4.78, 5) is 44.7. The molecule has 0 saturated heterocycles. The van der Waals surface area contributed by atoms with Gasteiger partial charge in [-0.2, -0.15) is 0 Å². The maximum Gasteiger partial charge on any atom is 0.408 e. The predicted molar refractivity (Wildman–Crippen MR) is 173 cm³/mol. The number of nitrogens with zero attached hydrogens (tertiary/aromatic N) is 1. The van der Waals surface area contributed by atoms with Crippen LogP contribution in [-0.2, 0) is 23.8 Å². The lowest BCUT2D eigenvalue weighted by atomic mass is 10.2. The van der Waals surface area contributed by atoms with Gasteiger partial charge in [-0.05, 0) is 33.6 Å². The van der Waals surface area contributed by atoms with Crippen molar-refractivity contribution in [1.29, 1.82) is 0 Å². The van der Waals surface area contributed by atoms with E-state index in [1.807, 2.05) is 0 Å². The lowest BCUT2D eigenvalue weighted by Crippen LogP contribution is -2.45. The Balaban J connectivity index is -0.000000679. The van der Waals surface area contributed by atoms with Crippen LogP contribution in [0.5, 0.6) is 0 Å². The summed E-state index contributed by atoms with van der Waals surface area (Å²) in [6.07, 6.45) is 13.3. The van der Waals surface area contributed by atoms with Gasteiger partial charge in [0.25, 0.3) is 0 Å². The topological polar surface area (TPSA) is 160 Å². The van der Waals surface area contributed by atoms with Gasteiger partial charge in [0, 0.05) is 22.8 Å². The minimum absolute atomic E-state index is 0.109. The summed E-state index contributed by atoms with van der Waals surface area (Å²) in [5.41, 5.74) is 4.93. The van der Waals surface area contributed by atoms with E-state index in [1.165, 1.54) is 23.5 Å². The van der Waals surface area contributed by atoms with Gasteiger partial charge in [0.05, 0.1) is 30.1 Å². The van der Waals surface area contributed by atoms with Gasteiger partial charge in [0.2, 0.25) is 6.54 Å². The van der Waals surface area contributed by atoms with Gasteiger partial charge in [0.1, 0.15) is 17.7 Å². The minimum Gasteiger partial charge on any atom is -0.465 e. The van der Waals surface area contributed by atoms with E-state index in [1.54, 1.807) is 20.8 Å². The molecule has 0 aromatic heterocycles. The molecule has 2 unspecified atom stereocenters. The fourth-order valence-corrected chi connectivity index (χ4v) is 3.73. The molecule has 2 atom stereocenters. The number of alkyl halides is 2. The average Bonchev–Trinajstić information content (AvgIpc) is 2.90. The number of nitrogens with one attached hydrogen (secondary N) is 1. The Labute approximate surface area is 268 Å². The number of amides is 1. The number of carbonyl (C=O) groups excluding carboxylic acids is 3. The van der Waals surface area contributed by atoms with Crippen LogP contribution in [0.15, 0.2) is 0 Å². The molecule has 0 rings (SSSR count). The van der Waals surface area contributed by atoms with Crippen LogP contribution < -0.4 is 11.1 Å². The molecule has 242 valence electrons. The lowest BCUT2D eigenvalue weighted by Gasteiger charge is -2.22. The minimum atomic E-state index is -0.755. The monoisotopic (exact) mass is 673 g/mol. The van der Waals surface area contributed by atoms with Gasteiger partial charge in [0.15, 0.2) is 0 Å². The first-order chi connectivity index (χ1) is 19.8. The van der Waals surface area contributed by atoms with Gasteiger partial charge in [-0.25, -0.2) is 9.59 Å². The smallest absolute Gasteiger partial charge is 0.408 e. The fraction of sp³-hybridized carbons (Fsp3) is 0.741. The number of rotatable bonds is 18. The van der Waals surface area contributed by atoms with Crippen LogP contribution in [0.4, 0.5) is 4.79 Å². The van der Waals surface area contributed by atoms with Crippen LogP contribution in [-0.4, -0.2) is 88.7 Å². The summed E-state index contributed by atoms with van der Waals surface area (Å²) in [5, 5.41) is 12.8. The zero-order valence-corrected chi connectivity index (χ0v) is 28.0. The summed E-state index contributed by atoms with van der Waals surface area (Å²) in [6.45, 7) is 7.78. The molecular formula is C27H45Cl2N3O8S2. The molecule has 0 aliphatic carbocycles. The van der Waals surface area contributed by atoms with E-state index in [0.717, 1.165) is 19.3 Å². The summed E-state index contributed by atoms with van der Waals surface area (Å²) in [5.74, 6) is 5.71. The van der Waals surface area contributed by atoms with Crippen molar-refractivity contribution in [3.8, 4) is 24.7 Å². The van der Waals surface area contributed by atoms with Crippen molar-refractivity contribution in [2.75, 3.05) is 48.1 Å². The third-order valence-electron chi connectivity index (χ3n) is 4.20. The Bertz CT molecular complexity index is 834. The van der Waals surface area contributed by atoms with Crippen molar-refractivity contribution < 1.29 is 33.5 Å². The number of nitro groups is 1. The van der Waals surface area contributed by atoms with E-state index in [2.05, 4.69) is 24.1 Å². The molecular weight excluding hydrogens is 629 g/mol. The summed E-state index contributed by atoms with van der Waals surface area (Å²) < 4.78 is 15.2. The second-order valence-corrected chi connectivity index (χ2v) is 12.0. The number of thioether (sulfide) groups is 2. The highest BCUT2D eigenvalue weighted by atomic mass is 35.5. The zero-order valence-electron chi connectivity index (χ0n) is 24.9. The molecule has 15 heteroatoms. The maximum absolute atomic E-state index is 12.0. The van der Waals surface area contributed by atoms with Gasteiger partial charge in [-0.3, -0.25) is 14.9 Å². The van der Waals surface area contributed by atoms with Crippen LogP contribution in [0.25, 0.3) is 0 Å². The van der Waals surface area contributed by atoms with E-state index >= 15 is 0 Å². The van der Waals surface area contributed by atoms with Crippen molar-refractivity contribution in [3.05, 3.63) is 10.1 Å². The molecule has 3 N–H and O–H groups in total. The molecule has 0 spiro atoms. The predicted octanol–water partition coefficient (Wildman–Crippen LogP) is 4.68. The zero-order chi connectivity index (χ0) is 32.8. The van der Waals surface area contributed by atoms with Crippen LogP contribution in [0.3, 0.4) is 0 Å². The van der Waals surface area contributed by atoms with E-state index in [0.29, 0.717) is 42.5 Å². The highest BCUT2D eigenvalue weighted by Crippen LogP contribution is 2.09. The molecule has 0 aromatic rings. The molecule has 0 bridgehead atoms. The number of nitrogens with two attached hydrogens (primary N) is 1. The average molecular weight is 675 g/mol. The lowest BCUT2D eigenvalue weighted by molar-refractivity contribution is -0.480. The molecule has 1 amide bonds. The number of esters is 2. The van der Waals surface area contributed by atoms with Crippen molar-refractivity contribution in [2.45, 2.75) is 77.5 Å². The Hall–Kier alpha value is -2.03. The first-order valence-electron chi connectivity index (χ1n) is 13.1. The maximum atomic E-state index is 12.0. The largest absolute Gasteiger partial charge is 0.465 e. The molecule has 0 aliphatic heterocycles. The molecule has 0 heterocycles. The Morgan fingerprint density at radius 1 is 0.976 bits per heavy atom. The normalized spacial score (nSPS) is 11.5. The van der Waals surface area contributed by atoms with Gasteiger partial charge >= 0.3 is 18.0 Å². The van der Waals surface area contributed by atoms with Gasteiger partial charge < -0.3 is 25.3 Å². The number of halogens is 2. The highest BCUT2D eigenvalue weighted by molar-refractivity contribution is 7.99. The molecule has 0 saturated carbocycles. The van der Waals surface area contributed by atoms with Crippen molar-refractivity contribution in [3.63, 3.8) is 0 Å². The molecule has 0 aromatic carbocycles. The number of hydrogen-bond donors (Lipinski definition) is 2. The molecule has 0 radical (unpaired) electrons. The van der Waals surface area contributed by atoms with Crippen LogP contribution in [0.1, 0.15) is 59.8 Å². The first-order valence-corrected chi connectivity index (χ1v) is 16.5. The third-order valence-corrected chi connectivity index (χ3v) is 6.11. The van der Waals surface area contributed by atoms with Gasteiger partial charge in [-0.15, -0.1) is 59.6 Å². The number of hydrogen-bond acceptors (Lipinski definition) is 11. The fourth-order valence-electron chi connectivity index (χ4n) is 2.42. The van der Waals surface area contributed by atoms with Crippen LogP contribution >= 0.6 is 46.7 Å². The molecule has 42 heavy (non-hydrogen) atoms. The van der Waals surface area contributed by atoms with Crippen LogP contribution in [0.2, 0.25) is 0 Å². The number of carbonyl (C=O) groups is 3. The van der Waals surface area contributed by atoms with Crippen LogP contribution in [0, 0.1) is 34.8 Å². The summed E-state index contributed by atoms with van der Waals surface area (Å²) >= 11 is 12.3. The quantitative estimate of drug-likeness (QED) is 0.0395. The molecule has 0 fully saturated rings. The SMILES string of the molecule is C#CCSCC(N)C(=O)OCCCC[N+](=O)[O-].C#CCSCC(NC(=O)OC(C)(C)C)C(=O)OCCCCC.ClCCl. The Kier molecular flexibility index (Phi) is 32.2. The van der Waals surface area contributed by atoms with E-state index in [9.17, 15) is 24.5 Å². The summed E-state index contributed by atoms with van der Waals surface area (Å²) in [7, 11) is 0. The number of terminal acetylenes is 2. The third kappa shape index (κ3) is 34.2. The second kappa shape index (κ2) is 30.4. The van der Waals surface area contributed by atoms with E-state index in [4.69, 9.17) is 56.0 Å². The molecule has 11 nitrogen and oxygen atoms in total. The van der Waals surface area contributed by atoms with Gasteiger partial charge in [-0.1, -0.05) is 31.6 Å². The Morgan fingerprint density at radius 2 is 1.48 bits per heavy atom. The first kappa shape index (κ1) is 44.4. The second-order valence-electron chi connectivity index (χ2n) is 9.15. The molecule has 0 aliphatic rings. The standard InChI is InChI=1S/C16H27NO4S.C10H16N2O4S.CH2Cl2/c1-6-8-9-10-20-14(18)13(12-22-11-7-2)17-15(19)21-16(3,4)5;1-2-7-17-8-9(11)10(13)16-6-4-3-5-12(14)15;2-1-3/h2,13H,6,8-12H2,1,3-5H3,(H,17,19);1,9H,3-8,11H2;1H2. The van der Waals surface area contributed by atoms with Crippen molar-refractivity contribution in [2.24, 2.45) is 5.73 Å². The Morgan fingerprint density at radius 3 is 1.95 bits per heavy atom.